The van der Waals surface area contributed by atoms with Crippen LogP contribution in [0.3, 0.4) is 0 Å². The zero-order valence-corrected chi connectivity index (χ0v) is 16.7. The van der Waals surface area contributed by atoms with Crippen LogP contribution in [0, 0.1) is 0 Å². The van der Waals surface area contributed by atoms with Crippen LogP contribution in [0.4, 0.5) is 5.69 Å². The first-order chi connectivity index (χ1) is 13.4. The average molecular weight is 386 g/mol. The number of phenolic OH excluding ortho intramolecular Hbond substituents is 2. The molecule has 152 valence electrons. The van der Waals surface area contributed by atoms with Crippen LogP contribution in [-0.4, -0.2) is 52.6 Å². The van der Waals surface area contributed by atoms with Crippen molar-refractivity contribution in [1.29, 1.82) is 0 Å². The lowest BCUT2D eigenvalue weighted by Gasteiger charge is -2.27. The topological polar surface area (TPSA) is 88.0 Å². The molecule has 1 aliphatic rings. The Balaban J connectivity index is 1.58. The normalized spacial score (nSPS) is 16.3. The third-order valence-electron chi connectivity index (χ3n) is 5.17. The molecule has 1 saturated heterocycles. The highest BCUT2D eigenvalue weighted by Crippen LogP contribution is 2.32. The summed E-state index contributed by atoms with van der Waals surface area (Å²) in [5.41, 5.74) is 3.45. The van der Waals surface area contributed by atoms with Crippen molar-refractivity contribution in [2.75, 3.05) is 31.5 Å². The number of anilines is 1. The molecule has 3 rings (SSSR count). The molecular formula is C22H31N3O3. The Morgan fingerprint density at radius 3 is 2.36 bits per heavy atom. The molecule has 6 nitrogen and oxygen atoms in total. The van der Waals surface area contributed by atoms with Crippen LogP contribution in [0.1, 0.15) is 36.5 Å². The van der Waals surface area contributed by atoms with Crippen molar-refractivity contribution < 1.29 is 15.3 Å². The van der Waals surface area contributed by atoms with E-state index in [0.29, 0.717) is 5.56 Å². The van der Waals surface area contributed by atoms with Gasteiger partial charge >= 0.3 is 0 Å². The van der Waals surface area contributed by atoms with Crippen molar-refractivity contribution in [2.24, 2.45) is 0 Å². The maximum atomic E-state index is 10.4. The van der Waals surface area contributed by atoms with Crippen LogP contribution in [-0.2, 0) is 13.0 Å². The number of nitrogens with zero attached hydrogens (tertiary/aromatic N) is 1. The Kier molecular flexibility index (Phi) is 6.78. The molecule has 1 unspecified atom stereocenters. The van der Waals surface area contributed by atoms with Gasteiger partial charge in [0.25, 0.3) is 0 Å². The summed E-state index contributed by atoms with van der Waals surface area (Å²) in [6, 6.07) is 11.2. The molecule has 2 aromatic carbocycles. The van der Waals surface area contributed by atoms with Crippen LogP contribution in [0.2, 0.25) is 0 Å². The molecule has 0 spiro atoms. The van der Waals surface area contributed by atoms with Crippen LogP contribution >= 0.6 is 0 Å². The molecule has 28 heavy (non-hydrogen) atoms. The fourth-order valence-corrected chi connectivity index (χ4v) is 3.55. The summed E-state index contributed by atoms with van der Waals surface area (Å²) in [7, 11) is 0. The third-order valence-corrected chi connectivity index (χ3v) is 5.17. The molecule has 2 aromatic rings. The average Bonchev–Trinajstić information content (AvgIpc) is 2.66. The van der Waals surface area contributed by atoms with E-state index in [2.05, 4.69) is 27.7 Å². The number of aliphatic hydroxyl groups is 1. The molecule has 1 fully saturated rings. The van der Waals surface area contributed by atoms with Gasteiger partial charge in [-0.2, -0.15) is 0 Å². The molecule has 0 bridgehead atoms. The Hall–Kier alpha value is -2.28. The van der Waals surface area contributed by atoms with E-state index in [1.807, 2.05) is 26.0 Å². The molecule has 0 amide bonds. The molecule has 0 aliphatic carbocycles. The van der Waals surface area contributed by atoms with Crippen molar-refractivity contribution >= 4 is 5.69 Å². The predicted octanol–water partition coefficient (Wildman–Crippen LogP) is 2.60. The van der Waals surface area contributed by atoms with Crippen molar-refractivity contribution in [3.05, 3.63) is 53.1 Å². The fourth-order valence-electron chi connectivity index (χ4n) is 3.55. The highest BCUT2D eigenvalue weighted by molar-refractivity contribution is 5.48. The minimum absolute atomic E-state index is 0.00545. The molecule has 5 N–H and O–H groups in total. The second-order valence-corrected chi connectivity index (χ2v) is 7.78. The van der Waals surface area contributed by atoms with Crippen molar-refractivity contribution in [2.45, 2.75) is 39.0 Å². The fraction of sp³-hybridized carbons (Fsp3) is 0.455. The zero-order chi connectivity index (χ0) is 20.1. The molecule has 1 atom stereocenters. The summed E-state index contributed by atoms with van der Waals surface area (Å²) in [5, 5.41) is 36.9. The van der Waals surface area contributed by atoms with Gasteiger partial charge in [-0.25, -0.2) is 0 Å². The van der Waals surface area contributed by atoms with Crippen molar-refractivity contribution in [3.63, 3.8) is 0 Å². The van der Waals surface area contributed by atoms with E-state index in [9.17, 15) is 15.3 Å². The molecule has 0 radical (unpaired) electrons. The molecule has 6 heteroatoms. The summed E-state index contributed by atoms with van der Waals surface area (Å²) in [6.45, 7) is 9.09. The van der Waals surface area contributed by atoms with Gasteiger partial charge < -0.3 is 26.0 Å². The van der Waals surface area contributed by atoms with E-state index >= 15 is 0 Å². The van der Waals surface area contributed by atoms with Gasteiger partial charge in [0.05, 0.1) is 0 Å². The number of aromatic hydroxyl groups is 2. The number of rotatable bonds is 7. The lowest BCUT2D eigenvalue weighted by molar-refractivity contribution is 0.202. The maximum absolute atomic E-state index is 10.4. The second kappa shape index (κ2) is 9.28. The van der Waals surface area contributed by atoms with Crippen LogP contribution in [0.5, 0.6) is 11.5 Å². The number of aliphatic hydroxyl groups excluding tert-OH is 1. The molecule has 0 saturated carbocycles. The number of hydrogen-bond donors (Lipinski definition) is 5. The third kappa shape index (κ3) is 5.38. The van der Waals surface area contributed by atoms with Gasteiger partial charge in [0, 0.05) is 50.9 Å². The van der Waals surface area contributed by atoms with Crippen LogP contribution in [0.15, 0.2) is 36.4 Å². The highest BCUT2D eigenvalue weighted by Gasteiger charge is 2.15. The van der Waals surface area contributed by atoms with E-state index in [1.54, 1.807) is 6.07 Å². The Morgan fingerprint density at radius 2 is 1.71 bits per heavy atom. The number of hydrogen-bond acceptors (Lipinski definition) is 6. The molecule has 0 aromatic heterocycles. The number of benzene rings is 2. The van der Waals surface area contributed by atoms with Gasteiger partial charge in [-0.3, -0.25) is 4.90 Å². The number of phenols is 2. The number of nitrogens with one attached hydrogen (secondary N) is 2. The summed E-state index contributed by atoms with van der Waals surface area (Å²) < 4.78 is 0. The van der Waals surface area contributed by atoms with Gasteiger partial charge in [0.1, 0.15) is 17.7 Å². The quantitative estimate of drug-likeness (QED) is 0.471. The minimum atomic E-state index is -0.838. The van der Waals surface area contributed by atoms with Crippen molar-refractivity contribution in [1.82, 2.24) is 10.2 Å². The van der Waals surface area contributed by atoms with Gasteiger partial charge in [-0.1, -0.05) is 26.0 Å². The summed E-state index contributed by atoms with van der Waals surface area (Å²) in [6.07, 6.45) is -0.594. The minimum Gasteiger partial charge on any atom is -0.508 e. The summed E-state index contributed by atoms with van der Waals surface area (Å²) >= 11 is 0. The van der Waals surface area contributed by atoms with E-state index < -0.39 is 6.23 Å². The lowest BCUT2D eigenvalue weighted by Crippen LogP contribution is -2.42. The monoisotopic (exact) mass is 385 g/mol. The SMILES string of the molecule is CC(C)c1cc(CC(O)Nc2ccc(CN3CCNCC3)cc2)c(O)cc1O. The molecular weight excluding hydrogens is 354 g/mol. The maximum Gasteiger partial charge on any atom is 0.128 e. The van der Waals surface area contributed by atoms with E-state index in [0.717, 1.165) is 44.0 Å². The van der Waals surface area contributed by atoms with Crippen LogP contribution < -0.4 is 10.6 Å². The smallest absolute Gasteiger partial charge is 0.128 e. The largest absolute Gasteiger partial charge is 0.508 e. The Morgan fingerprint density at radius 1 is 1.04 bits per heavy atom. The van der Waals surface area contributed by atoms with E-state index in [4.69, 9.17) is 0 Å². The van der Waals surface area contributed by atoms with Crippen molar-refractivity contribution in [3.8, 4) is 11.5 Å². The molecule has 1 heterocycles. The number of piperazine rings is 1. The van der Waals surface area contributed by atoms with Gasteiger partial charge in [-0.15, -0.1) is 0 Å². The first-order valence-electron chi connectivity index (χ1n) is 9.93. The Bertz CT molecular complexity index is 771. The zero-order valence-electron chi connectivity index (χ0n) is 16.7. The van der Waals surface area contributed by atoms with E-state index in [-0.39, 0.29) is 23.8 Å². The first kappa shape index (κ1) is 20.5. The van der Waals surface area contributed by atoms with Crippen LogP contribution in [0.25, 0.3) is 0 Å². The highest BCUT2D eigenvalue weighted by atomic mass is 16.3. The van der Waals surface area contributed by atoms with Gasteiger partial charge in [0.2, 0.25) is 0 Å². The second-order valence-electron chi connectivity index (χ2n) is 7.78. The first-order valence-corrected chi connectivity index (χ1v) is 9.93. The molecule has 1 aliphatic heterocycles. The van der Waals surface area contributed by atoms with Gasteiger partial charge in [-0.05, 0) is 40.8 Å². The van der Waals surface area contributed by atoms with Gasteiger partial charge in [0.15, 0.2) is 0 Å². The predicted molar refractivity (Wildman–Crippen MR) is 112 cm³/mol. The lowest BCUT2D eigenvalue weighted by atomic mass is 9.97. The Labute approximate surface area is 166 Å². The standard InChI is InChI=1S/C22H31N3O3/c1-15(2)19-11-17(20(26)13-21(19)27)12-22(28)24-18-5-3-16(4-6-18)14-25-9-7-23-8-10-25/h3-6,11,13,15,22-24,26-28H,7-10,12,14H2,1-2H3. The van der Waals surface area contributed by atoms with E-state index in [1.165, 1.54) is 11.6 Å². The summed E-state index contributed by atoms with van der Waals surface area (Å²) in [5.74, 6) is 0.209. The summed E-state index contributed by atoms with van der Waals surface area (Å²) in [4.78, 5) is 2.42.